The summed E-state index contributed by atoms with van der Waals surface area (Å²) in [4.78, 5) is 15.0. The van der Waals surface area contributed by atoms with Gasteiger partial charge in [0.1, 0.15) is 5.82 Å². The lowest BCUT2D eigenvalue weighted by atomic mass is 9.96. The van der Waals surface area contributed by atoms with Crippen LogP contribution >= 0.6 is 0 Å². The number of halogens is 1. The molecule has 0 saturated heterocycles. The van der Waals surface area contributed by atoms with Gasteiger partial charge >= 0.3 is 5.97 Å². The average Bonchev–Trinajstić information content (AvgIpc) is 2.96. The number of carbonyl (C=O) groups is 1. The minimum absolute atomic E-state index is 0.276. The van der Waals surface area contributed by atoms with Crippen LogP contribution in [0.3, 0.4) is 0 Å². The van der Waals surface area contributed by atoms with Crippen molar-refractivity contribution in [3.63, 3.8) is 0 Å². The molecule has 3 rings (SSSR count). The maximum Gasteiger partial charge on any atom is 0.338 e. The zero-order valence-electron chi connectivity index (χ0n) is 12.6. The van der Waals surface area contributed by atoms with Crippen LogP contribution in [0.25, 0.3) is 22.4 Å². The highest BCUT2D eigenvalue weighted by atomic mass is 19.1. The maximum atomic E-state index is 13.2. The molecule has 0 fully saturated rings. The van der Waals surface area contributed by atoms with Gasteiger partial charge in [-0.1, -0.05) is 37.3 Å². The van der Waals surface area contributed by atoms with E-state index in [0.29, 0.717) is 23.4 Å². The molecule has 0 aliphatic carbocycles. The molecule has 0 bridgehead atoms. The van der Waals surface area contributed by atoms with Crippen LogP contribution in [-0.2, 0) is 6.42 Å². The van der Waals surface area contributed by atoms with Crippen LogP contribution in [0.4, 0.5) is 4.39 Å². The Morgan fingerprint density at radius 1 is 1.04 bits per heavy atom. The number of H-pyrrole nitrogens is 1. The number of aromatic amines is 1. The molecule has 0 unspecified atom stereocenters. The van der Waals surface area contributed by atoms with Crippen molar-refractivity contribution in [2.24, 2.45) is 0 Å². The number of aromatic carboxylic acids is 1. The summed E-state index contributed by atoms with van der Waals surface area (Å²) in [5, 5.41) is 9.66. The van der Waals surface area contributed by atoms with Crippen LogP contribution in [0.5, 0.6) is 0 Å². The lowest BCUT2D eigenvalue weighted by Crippen LogP contribution is -2.01. The molecule has 3 aromatic rings. The van der Waals surface area contributed by atoms with Gasteiger partial charge < -0.3 is 10.1 Å². The van der Waals surface area contributed by atoms with Crippen LogP contribution in [0, 0.1) is 5.82 Å². The maximum absolute atomic E-state index is 13.2. The molecular weight excluding hydrogens is 293 g/mol. The van der Waals surface area contributed by atoms with Gasteiger partial charge in [0, 0.05) is 11.3 Å². The number of hydrogen-bond acceptors (Lipinski definition) is 1. The lowest BCUT2D eigenvalue weighted by Gasteiger charge is -2.06. The van der Waals surface area contributed by atoms with E-state index in [1.807, 2.05) is 37.3 Å². The second-order valence-corrected chi connectivity index (χ2v) is 5.26. The molecule has 3 nitrogen and oxygen atoms in total. The van der Waals surface area contributed by atoms with Crippen molar-refractivity contribution >= 4 is 5.97 Å². The van der Waals surface area contributed by atoms with Gasteiger partial charge in [0.25, 0.3) is 0 Å². The minimum atomic E-state index is -0.967. The van der Waals surface area contributed by atoms with Crippen molar-refractivity contribution in [3.8, 4) is 22.4 Å². The minimum Gasteiger partial charge on any atom is -0.478 e. The predicted molar refractivity (Wildman–Crippen MR) is 88.0 cm³/mol. The Kier molecular flexibility index (Phi) is 3.98. The van der Waals surface area contributed by atoms with Crippen molar-refractivity contribution in [1.82, 2.24) is 4.98 Å². The first-order valence-corrected chi connectivity index (χ1v) is 7.41. The van der Waals surface area contributed by atoms with Gasteiger partial charge in [-0.25, -0.2) is 9.18 Å². The van der Waals surface area contributed by atoms with Gasteiger partial charge in [-0.3, -0.25) is 0 Å². The van der Waals surface area contributed by atoms with Gasteiger partial charge in [-0.15, -0.1) is 0 Å². The SMILES string of the molecule is CCc1[nH]c(-c2ccc(F)cc2)c(-c2ccccc2)c1C(=O)O. The fourth-order valence-electron chi connectivity index (χ4n) is 2.78. The first kappa shape index (κ1) is 15.0. The summed E-state index contributed by atoms with van der Waals surface area (Å²) < 4.78 is 13.2. The number of aryl methyl sites for hydroxylation is 1. The average molecular weight is 309 g/mol. The third-order valence-electron chi connectivity index (χ3n) is 3.84. The van der Waals surface area contributed by atoms with E-state index >= 15 is 0 Å². The smallest absolute Gasteiger partial charge is 0.338 e. The molecule has 4 heteroatoms. The fourth-order valence-corrected chi connectivity index (χ4v) is 2.78. The Labute approximate surface area is 133 Å². The third kappa shape index (κ3) is 2.75. The Hall–Kier alpha value is -2.88. The van der Waals surface area contributed by atoms with Gasteiger partial charge in [0.05, 0.1) is 11.3 Å². The molecule has 0 amide bonds. The molecule has 0 aliphatic heterocycles. The first-order chi connectivity index (χ1) is 11.1. The summed E-state index contributed by atoms with van der Waals surface area (Å²) in [5.74, 6) is -1.29. The summed E-state index contributed by atoms with van der Waals surface area (Å²) in [7, 11) is 0. The standard InChI is InChI=1S/C19H16FNO2/c1-2-15-17(19(22)23)16(12-6-4-3-5-7-12)18(21-15)13-8-10-14(20)11-9-13/h3-11,21H,2H2,1H3,(H,22,23). The zero-order chi connectivity index (χ0) is 16.4. The number of benzene rings is 2. The van der Waals surface area contributed by atoms with Gasteiger partial charge in [-0.2, -0.15) is 0 Å². The highest BCUT2D eigenvalue weighted by molar-refractivity contribution is 6.02. The van der Waals surface area contributed by atoms with E-state index in [-0.39, 0.29) is 11.4 Å². The molecule has 2 N–H and O–H groups in total. The lowest BCUT2D eigenvalue weighted by molar-refractivity contribution is 0.0696. The highest BCUT2D eigenvalue weighted by Gasteiger charge is 2.23. The molecule has 0 saturated carbocycles. The quantitative estimate of drug-likeness (QED) is 0.731. The topological polar surface area (TPSA) is 53.1 Å². The van der Waals surface area contributed by atoms with E-state index in [2.05, 4.69) is 4.98 Å². The zero-order valence-corrected chi connectivity index (χ0v) is 12.6. The van der Waals surface area contributed by atoms with Crippen LogP contribution < -0.4 is 0 Å². The number of carboxylic acids is 1. The van der Waals surface area contributed by atoms with E-state index in [0.717, 1.165) is 11.1 Å². The van der Waals surface area contributed by atoms with Crippen LogP contribution in [0.15, 0.2) is 54.6 Å². The van der Waals surface area contributed by atoms with E-state index < -0.39 is 5.97 Å². The molecule has 116 valence electrons. The molecule has 0 spiro atoms. The van der Waals surface area contributed by atoms with Crippen molar-refractivity contribution in [3.05, 3.63) is 71.7 Å². The molecule has 1 heterocycles. The molecular formula is C19H16FNO2. The number of nitrogens with one attached hydrogen (secondary N) is 1. The van der Waals surface area contributed by atoms with Gasteiger partial charge in [-0.05, 0) is 41.8 Å². The Bertz CT molecular complexity index is 836. The Morgan fingerprint density at radius 2 is 1.70 bits per heavy atom. The van der Waals surface area contributed by atoms with Crippen molar-refractivity contribution in [1.29, 1.82) is 0 Å². The summed E-state index contributed by atoms with van der Waals surface area (Å²) in [6.45, 7) is 1.90. The van der Waals surface area contributed by atoms with E-state index in [4.69, 9.17) is 0 Å². The molecule has 2 aromatic carbocycles. The Morgan fingerprint density at radius 3 is 2.26 bits per heavy atom. The number of hydrogen-bond donors (Lipinski definition) is 2. The second kappa shape index (κ2) is 6.08. The van der Waals surface area contributed by atoms with Crippen LogP contribution in [0.2, 0.25) is 0 Å². The van der Waals surface area contributed by atoms with Crippen molar-refractivity contribution in [2.45, 2.75) is 13.3 Å². The summed E-state index contributed by atoms with van der Waals surface area (Å²) in [6.07, 6.45) is 0.572. The van der Waals surface area contributed by atoms with E-state index in [1.165, 1.54) is 12.1 Å². The van der Waals surface area contributed by atoms with Crippen molar-refractivity contribution < 1.29 is 14.3 Å². The normalized spacial score (nSPS) is 10.7. The second-order valence-electron chi connectivity index (χ2n) is 5.26. The predicted octanol–water partition coefficient (Wildman–Crippen LogP) is 4.75. The van der Waals surface area contributed by atoms with Gasteiger partial charge in [0.2, 0.25) is 0 Å². The number of rotatable bonds is 4. The fraction of sp³-hybridized carbons (Fsp3) is 0.105. The number of aromatic nitrogens is 1. The largest absolute Gasteiger partial charge is 0.478 e. The molecule has 23 heavy (non-hydrogen) atoms. The third-order valence-corrected chi connectivity index (χ3v) is 3.84. The summed E-state index contributed by atoms with van der Waals surface area (Å²) in [6, 6.07) is 15.4. The van der Waals surface area contributed by atoms with E-state index in [9.17, 15) is 14.3 Å². The van der Waals surface area contributed by atoms with Crippen LogP contribution in [0.1, 0.15) is 23.0 Å². The highest BCUT2D eigenvalue weighted by Crippen LogP contribution is 2.37. The molecule has 1 aromatic heterocycles. The molecule has 0 radical (unpaired) electrons. The monoisotopic (exact) mass is 309 g/mol. The Balaban J connectivity index is 2.31. The van der Waals surface area contributed by atoms with Gasteiger partial charge in [0.15, 0.2) is 0 Å². The summed E-state index contributed by atoms with van der Waals surface area (Å²) >= 11 is 0. The first-order valence-electron chi connectivity index (χ1n) is 7.41. The van der Waals surface area contributed by atoms with Crippen LogP contribution in [-0.4, -0.2) is 16.1 Å². The molecule has 0 atom stereocenters. The van der Waals surface area contributed by atoms with Crippen molar-refractivity contribution in [2.75, 3.05) is 0 Å². The molecule has 0 aliphatic rings. The number of carboxylic acid groups (broad SMARTS) is 1. The van der Waals surface area contributed by atoms with E-state index in [1.54, 1.807) is 12.1 Å². The summed E-state index contributed by atoms with van der Waals surface area (Å²) in [5.41, 5.74) is 3.85.